The van der Waals surface area contributed by atoms with E-state index in [1.54, 1.807) is 25.6 Å². The number of aromatic nitrogens is 3. The number of carbonyl (C=O) groups is 2. The van der Waals surface area contributed by atoms with Crippen molar-refractivity contribution in [2.45, 2.75) is 24.9 Å². The van der Waals surface area contributed by atoms with E-state index in [-0.39, 0.29) is 24.1 Å². The molecule has 1 heterocycles. The zero-order valence-corrected chi connectivity index (χ0v) is 16.5. The number of nitrogens with one attached hydrogen (secondary N) is 1. The number of esters is 1. The lowest BCUT2D eigenvalue weighted by atomic mass is 10.1. The lowest BCUT2D eigenvalue weighted by Crippen LogP contribution is -2.27. The van der Waals surface area contributed by atoms with Gasteiger partial charge in [-0.2, -0.15) is 0 Å². The van der Waals surface area contributed by atoms with Gasteiger partial charge < -0.3 is 19.4 Å². The van der Waals surface area contributed by atoms with Crippen LogP contribution in [-0.4, -0.2) is 52.7 Å². The van der Waals surface area contributed by atoms with Gasteiger partial charge in [-0.3, -0.25) is 9.59 Å². The molecule has 9 heteroatoms. The van der Waals surface area contributed by atoms with Crippen LogP contribution in [0, 0.1) is 0 Å². The maximum atomic E-state index is 12.0. The van der Waals surface area contributed by atoms with Gasteiger partial charge in [0.2, 0.25) is 5.91 Å². The Balaban J connectivity index is 1.73. The minimum absolute atomic E-state index is 0.0615. The molecule has 0 aliphatic heterocycles. The van der Waals surface area contributed by atoms with Crippen LogP contribution in [-0.2, 0) is 34.2 Å². The predicted octanol–water partition coefficient (Wildman–Crippen LogP) is 1.38. The molecule has 1 aromatic heterocycles. The van der Waals surface area contributed by atoms with Gasteiger partial charge in [0.15, 0.2) is 5.16 Å². The van der Waals surface area contributed by atoms with Crippen LogP contribution in [0.15, 0.2) is 29.4 Å². The van der Waals surface area contributed by atoms with Crippen LogP contribution in [0.25, 0.3) is 0 Å². The number of nitrogens with zero attached hydrogens (tertiary/aromatic N) is 3. The Labute approximate surface area is 162 Å². The molecular weight excluding hydrogens is 368 g/mol. The molecule has 1 amide bonds. The van der Waals surface area contributed by atoms with Crippen LogP contribution in [0.1, 0.15) is 18.3 Å². The van der Waals surface area contributed by atoms with Gasteiger partial charge in [0.25, 0.3) is 0 Å². The zero-order chi connectivity index (χ0) is 19.6. The van der Waals surface area contributed by atoms with Gasteiger partial charge >= 0.3 is 5.97 Å². The smallest absolute Gasteiger partial charge is 0.313 e. The summed E-state index contributed by atoms with van der Waals surface area (Å²) in [4.78, 5) is 23.5. The van der Waals surface area contributed by atoms with E-state index in [2.05, 4.69) is 15.5 Å². The SMILES string of the molecule is CCOC(=O)Cc1nnc(SCC(=O)NCCc2ccc(OC)cc2)n1C. The molecule has 0 aliphatic carbocycles. The molecule has 0 bridgehead atoms. The molecule has 146 valence electrons. The Kier molecular flexibility index (Phi) is 8.12. The van der Waals surface area contributed by atoms with Gasteiger partial charge in [0.1, 0.15) is 18.0 Å². The van der Waals surface area contributed by atoms with E-state index >= 15 is 0 Å². The van der Waals surface area contributed by atoms with Crippen molar-refractivity contribution in [3.05, 3.63) is 35.7 Å². The second kappa shape index (κ2) is 10.6. The molecule has 0 radical (unpaired) electrons. The highest BCUT2D eigenvalue weighted by Gasteiger charge is 2.14. The Morgan fingerprint density at radius 1 is 1.22 bits per heavy atom. The minimum atomic E-state index is -0.346. The molecule has 1 aromatic carbocycles. The Morgan fingerprint density at radius 2 is 1.96 bits per heavy atom. The normalized spacial score (nSPS) is 10.5. The van der Waals surface area contributed by atoms with Crippen molar-refractivity contribution < 1.29 is 19.1 Å². The number of methoxy groups -OCH3 is 1. The van der Waals surface area contributed by atoms with E-state index in [1.807, 2.05) is 24.3 Å². The van der Waals surface area contributed by atoms with Gasteiger partial charge in [-0.15, -0.1) is 10.2 Å². The number of carbonyl (C=O) groups excluding carboxylic acids is 2. The topological polar surface area (TPSA) is 95.3 Å². The van der Waals surface area contributed by atoms with Crippen molar-refractivity contribution in [2.75, 3.05) is 26.0 Å². The van der Waals surface area contributed by atoms with Crippen LogP contribution in [0.2, 0.25) is 0 Å². The number of rotatable bonds is 10. The van der Waals surface area contributed by atoms with Crippen molar-refractivity contribution in [2.24, 2.45) is 7.05 Å². The van der Waals surface area contributed by atoms with Crippen LogP contribution in [0.4, 0.5) is 0 Å². The summed E-state index contributed by atoms with van der Waals surface area (Å²) < 4.78 is 11.7. The van der Waals surface area contributed by atoms with Crippen molar-refractivity contribution in [1.29, 1.82) is 0 Å². The molecule has 27 heavy (non-hydrogen) atoms. The van der Waals surface area contributed by atoms with E-state index in [1.165, 1.54) is 11.8 Å². The highest BCUT2D eigenvalue weighted by Crippen LogP contribution is 2.16. The average Bonchev–Trinajstić information content (AvgIpc) is 3.00. The molecule has 2 rings (SSSR count). The monoisotopic (exact) mass is 392 g/mol. The summed E-state index contributed by atoms with van der Waals surface area (Å²) in [5, 5.41) is 11.5. The molecule has 0 atom stereocenters. The molecule has 0 saturated heterocycles. The lowest BCUT2D eigenvalue weighted by Gasteiger charge is -2.06. The summed E-state index contributed by atoms with van der Waals surface area (Å²) in [6.07, 6.45) is 0.806. The summed E-state index contributed by atoms with van der Waals surface area (Å²) >= 11 is 1.28. The largest absolute Gasteiger partial charge is 0.497 e. The van der Waals surface area contributed by atoms with Crippen molar-refractivity contribution >= 4 is 23.6 Å². The number of benzene rings is 1. The number of thioether (sulfide) groups is 1. The van der Waals surface area contributed by atoms with E-state index in [0.29, 0.717) is 24.1 Å². The lowest BCUT2D eigenvalue weighted by molar-refractivity contribution is -0.142. The molecule has 0 fully saturated rings. The summed E-state index contributed by atoms with van der Waals surface area (Å²) in [6, 6.07) is 7.75. The van der Waals surface area contributed by atoms with Crippen molar-refractivity contribution in [3.8, 4) is 5.75 Å². The standard InChI is InChI=1S/C18H24N4O4S/c1-4-26-17(24)11-15-20-21-18(22(15)2)27-12-16(23)19-10-9-13-5-7-14(25-3)8-6-13/h5-8H,4,9-12H2,1-3H3,(H,19,23). The van der Waals surface area contributed by atoms with Gasteiger partial charge in [-0.1, -0.05) is 23.9 Å². The maximum Gasteiger partial charge on any atom is 0.313 e. The number of amides is 1. The molecule has 1 N–H and O–H groups in total. The van der Waals surface area contributed by atoms with Gasteiger partial charge in [-0.25, -0.2) is 0 Å². The highest BCUT2D eigenvalue weighted by molar-refractivity contribution is 7.99. The average molecular weight is 392 g/mol. The number of hydrogen-bond donors (Lipinski definition) is 1. The Hall–Kier alpha value is -2.55. The Bertz CT molecular complexity index is 761. The first-order valence-electron chi connectivity index (χ1n) is 8.59. The van der Waals surface area contributed by atoms with E-state index in [9.17, 15) is 9.59 Å². The van der Waals surface area contributed by atoms with Gasteiger partial charge in [-0.05, 0) is 31.0 Å². The molecule has 0 aliphatic rings. The summed E-state index contributed by atoms with van der Waals surface area (Å²) in [5.41, 5.74) is 1.13. The predicted molar refractivity (Wildman–Crippen MR) is 102 cm³/mol. The third-order valence-corrected chi connectivity index (χ3v) is 4.78. The summed E-state index contributed by atoms with van der Waals surface area (Å²) in [6.45, 7) is 2.64. The van der Waals surface area contributed by atoms with Gasteiger partial charge in [0, 0.05) is 13.6 Å². The molecule has 0 unspecified atom stereocenters. The van der Waals surface area contributed by atoms with Crippen LogP contribution < -0.4 is 10.1 Å². The second-order valence-electron chi connectivity index (χ2n) is 5.68. The summed E-state index contributed by atoms with van der Waals surface area (Å²) in [7, 11) is 3.39. The molecule has 0 spiro atoms. The van der Waals surface area contributed by atoms with E-state index in [0.717, 1.165) is 17.7 Å². The van der Waals surface area contributed by atoms with E-state index in [4.69, 9.17) is 9.47 Å². The van der Waals surface area contributed by atoms with Crippen LogP contribution >= 0.6 is 11.8 Å². The fourth-order valence-corrected chi connectivity index (χ4v) is 3.05. The van der Waals surface area contributed by atoms with Gasteiger partial charge in [0.05, 0.1) is 19.5 Å². The molecular formula is C18H24N4O4S. The number of hydrogen-bond acceptors (Lipinski definition) is 7. The molecule has 8 nitrogen and oxygen atoms in total. The maximum absolute atomic E-state index is 12.0. The Morgan fingerprint density at radius 3 is 2.63 bits per heavy atom. The third kappa shape index (κ3) is 6.59. The van der Waals surface area contributed by atoms with Crippen LogP contribution in [0.5, 0.6) is 5.75 Å². The summed E-state index contributed by atoms with van der Waals surface area (Å²) in [5.74, 6) is 1.12. The first kappa shape index (κ1) is 20.8. The first-order valence-corrected chi connectivity index (χ1v) is 9.58. The number of ether oxygens (including phenoxy) is 2. The van der Waals surface area contributed by atoms with Crippen LogP contribution in [0.3, 0.4) is 0 Å². The second-order valence-corrected chi connectivity index (χ2v) is 6.62. The third-order valence-electron chi connectivity index (χ3n) is 3.76. The fourth-order valence-electron chi connectivity index (χ4n) is 2.29. The quantitative estimate of drug-likeness (QED) is 0.482. The van der Waals surface area contributed by atoms with E-state index < -0.39 is 0 Å². The zero-order valence-electron chi connectivity index (χ0n) is 15.7. The minimum Gasteiger partial charge on any atom is -0.497 e. The highest BCUT2D eigenvalue weighted by atomic mass is 32.2. The van der Waals surface area contributed by atoms with Crippen molar-refractivity contribution in [1.82, 2.24) is 20.1 Å². The molecule has 2 aromatic rings. The first-order chi connectivity index (χ1) is 13.0. The van der Waals surface area contributed by atoms with Crippen molar-refractivity contribution in [3.63, 3.8) is 0 Å². The fraction of sp³-hybridized carbons (Fsp3) is 0.444. The molecule has 0 saturated carbocycles.